The van der Waals surface area contributed by atoms with Gasteiger partial charge in [-0.05, 0) is 37.1 Å². The Morgan fingerprint density at radius 2 is 2.00 bits per heavy atom. The zero-order valence-corrected chi connectivity index (χ0v) is 11.3. The molecule has 1 saturated heterocycles. The van der Waals surface area contributed by atoms with Gasteiger partial charge in [0.15, 0.2) is 0 Å². The normalized spacial score (nSPS) is 20.5. The van der Waals surface area contributed by atoms with Crippen molar-refractivity contribution in [2.75, 3.05) is 18.1 Å². The summed E-state index contributed by atoms with van der Waals surface area (Å²) in [5.41, 5.74) is 7.64. The largest absolute Gasteiger partial charge is 0.394 e. The van der Waals surface area contributed by atoms with Crippen LogP contribution in [0.3, 0.4) is 0 Å². The lowest BCUT2D eigenvalue weighted by atomic mass is 10.1. The van der Waals surface area contributed by atoms with Crippen molar-refractivity contribution in [1.82, 2.24) is 0 Å². The van der Waals surface area contributed by atoms with Gasteiger partial charge in [-0.15, -0.1) is 0 Å². The molecule has 0 bridgehead atoms. The molecule has 1 aliphatic heterocycles. The van der Waals surface area contributed by atoms with Gasteiger partial charge in [0.2, 0.25) is 0 Å². The second kappa shape index (κ2) is 6.16. The SMILES string of the molecule is NC(=S)c1ccc(N2CCCCCC2CO)cc1. The van der Waals surface area contributed by atoms with Gasteiger partial charge in [-0.25, -0.2) is 0 Å². The smallest absolute Gasteiger partial charge is 0.103 e. The average Bonchev–Trinajstić information content (AvgIpc) is 2.63. The summed E-state index contributed by atoms with van der Waals surface area (Å²) in [6, 6.07) is 8.24. The molecular formula is C14H20N2OS. The topological polar surface area (TPSA) is 49.5 Å². The summed E-state index contributed by atoms with van der Waals surface area (Å²) in [5, 5.41) is 9.51. The maximum atomic E-state index is 9.51. The Hall–Kier alpha value is -1.13. The van der Waals surface area contributed by atoms with Crippen molar-refractivity contribution in [3.63, 3.8) is 0 Å². The molecular weight excluding hydrogens is 244 g/mol. The van der Waals surface area contributed by atoms with Crippen molar-refractivity contribution in [3.05, 3.63) is 29.8 Å². The minimum Gasteiger partial charge on any atom is -0.394 e. The molecule has 1 unspecified atom stereocenters. The molecule has 0 aromatic heterocycles. The molecule has 1 fully saturated rings. The molecule has 3 N–H and O–H groups in total. The van der Waals surface area contributed by atoms with Gasteiger partial charge < -0.3 is 15.7 Å². The van der Waals surface area contributed by atoms with Crippen LogP contribution in [0.4, 0.5) is 5.69 Å². The van der Waals surface area contributed by atoms with E-state index in [2.05, 4.69) is 4.90 Å². The number of anilines is 1. The number of rotatable bonds is 3. The molecule has 1 aliphatic rings. The van der Waals surface area contributed by atoms with Crippen molar-refractivity contribution in [3.8, 4) is 0 Å². The number of nitrogens with two attached hydrogens (primary N) is 1. The predicted molar refractivity (Wildman–Crippen MR) is 79.0 cm³/mol. The predicted octanol–water partition coefficient (Wildman–Crippen LogP) is 2.06. The number of thiocarbonyl (C=S) groups is 1. The Kier molecular flexibility index (Phi) is 4.55. The average molecular weight is 264 g/mol. The first-order valence-corrected chi connectivity index (χ1v) is 6.90. The Bertz CT molecular complexity index is 405. The number of aliphatic hydroxyl groups excluding tert-OH is 1. The van der Waals surface area contributed by atoms with Gasteiger partial charge in [0, 0.05) is 17.8 Å². The summed E-state index contributed by atoms with van der Waals surface area (Å²) in [5.74, 6) is 0. The number of benzene rings is 1. The van der Waals surface area contributed by atoms with E-state index >= 15 is 0 Å². The van der Waals surface area contributed by atoms with Gasteiger partial charge in [0.1, 0.15) is 4.99 Å². The summed E-state index contributed by atoms with van der Waals surface area (Å²) in [6.07, 6.45) is 4.70. The third-order valence-electron chi connectivity index (χ3n) is 3.57. The summed E-state index contributed by atoms with van der Waals surface area (Å²) < 4.78 is 0. The first-order chi connectivity index (χ1) is 8.72. The summed E-state index contributed by atoms with van der Waals surface area (Å²) >= 11 is 4.95. The molecule has 98 valence electrons. The molecule has 2 rings (SSSR count). The van der Waals surface area contributed by atoms with Crippen LogP contribution in [0.5, 0.6) is 0 Å². The van der Waals surface area contributed by atoms with Crippen LogP contribution in [0.1, 0.15) is 31.2 Å². The fourth-order valence-corrected chi connectivity index (χ4v) is 2.66. The highest BCUT2D eigenvalue weighted by atomic mass is 32.1. The first-order valence-electron chi connectivity index (χ1n) is 6.49. The number of hydrogen-bond donors (Lipinski definition) is 2. The monoisotopic (exact) mass is 264 g/mol. The van der Waals surface area contributed by atoms with E-state index in [1.807, 2.05) is 24.3 Å². The van der Waals surface area contributed by atoms with Crippen molar-refractivity contribution >= 4 is 22.9 Å². The number of nitrogens with zero attached hydrogens (tertiary/aromatic N) is 1. The molecule has 0 aliphatic carbocycles. The highest BCUT2D eigenvalue weighted by Gasteiger charge is 2.20. The van der Waals surface area contributed by atoms with Crippen molar-refractivity contribution in [2.45, 2.75) is 31.7 Å². The van der Waals surface area contributed by atoms with Crippen LogP contribution < -0.4 is 10.6 Å². The van der Waals surface area contributed by atoms with E-state index in [1.165, 1.54) is 19.3 Å². The maximum absolute atomic E-state index is 9.51. The van der Waals surface area contributed by atoms with Crippen LogP contribution in [-0.2, 0) is 0 Å². The molecule has 3 nitrogen and oxygen atoms in total. The second-order valence-electron chi connectivity index (χ2n) is 4.79. The van der Waals surface area contributed by atoms with Crippen LogP contribution in [0.15, 0.2) is 24.3 Å². The third kappa shape index (κ3) is 3.00. The van der Waals surface area contributed by atoms with Crippen molar-refractivity contribution < 1.29 is 5.11 Å². The van der Waals surface area contributed by atoms with E-state index in [1.54, 1.807) is 0 Å². The Balaban J connectivity index is 2.19. The highest BCUT2D eigenvalue weighted by Crippen LogP contribution is 2.24. The Labute approximate surface area is 114 Å². The number of hydrogen-bond acceptors (Lipinski definition) is 3. The molecule has 1 aromatic carbocycles. The van der Waals surface area contributed by atoms with E-state index in [-0.39, 0.29) is 12.6 Å². The zero-order valence-electron chi connectivity index (χ0n) is 10.5. The number of aliphatic hydroxyl groups is 1. The molecule has 0 amide bonds. The van der Waals surface area contributed by atoms with E-state index in [0.29, 0.717) is 4.99 Å². The molecule has 1 heterocycles. The molecule has 4 heteroatoms. The zero-order chi connectivity index (χ0) is 13.0. The molecule has 0 radical (unpaired) electrons. The molecule has 1 aromatic rings. The van der Waals surface area contributed by atoms with E-state index in [9.17, 15) is 5.11 Å². The van der Waals surface area contributed by atoms with Gasteiger partial charge in [-0.2, -0.15) is 0 Å². The standard InChI is InChI=1S/C14H20N2OS/c15-14(18)11-5-7-12(8-6-11)16-9-3-1-2-4-13(16)10-17/h5-8,13,17H,1-4,9-10H2,(H2,15,18). The van der Waals surface area contributed by atoms with Gasteiger partial charge in [-0.3, -0.25) is 0 Å². The van der Waals surface area contributed by atoms with Crippen LogP contribution in [0, 0.1) is 0 Å². The van der Waals surface area contributed by atoms with Gasteiger partial charge in [-0.1, -0.05) is 25.1 Å². The van der Waals surface area contributed by atoms with Gasteiger partial charge in [0.25, 0.3) is 0 Å². The quantitative estimate of drug-likeness (QED) is 0.821. The molecule has 0 saturated carbocycles. The minimum absolute atomic E-state index is 0.219. The second-order valence-corrected chi connectivity index (χ2v) is 5.23. The molecule has 18 heavy (non-hydrogen) atoms. The third-order valence-corrected chi connectivity index (χ3v) is 3.81. The van der Waals surface area contributed by atoms with E-state index in [0.717, 1.165) is 24.2 Å². The lowest BCUT2D eigenvalue weighted by Crippen LogP contribution is -2.37. The Morgan fingerprint density at radius 1 is 1.28 bits per heavy atom. The van der Waals surface area contributed by atoms with Crippen molar-refractivity contribution in [2.24, 2.45) is 5.73 Å². The van der Waals surface area contributed by atoms with Gasteiger partial charge >= 0.3 is 0 Å². The van der Waals surface area contributed by atoms with Crippen LogP contribution >= 0.6 is 12.2 Å². The minimum atomic E-state index is 0.219. The lowest BCUT2D eigenvalue weighted by molar-refractivity contribution is 0.255. The highest BCUT2D eigenvalue weighted by molar-refractivity contribution is 7.80. The van der Waals surface area contributed by atoms with Crippen LogP contribution in [0.2, 0.25) is 0 Å². The fraction of sp³-hybridized carbons (Fsp3) is 0.500. The summed E-state index contributed by atoms with van der Waals surface area (Å²) in [6.45, 7) is 1.23. The Morgan fingerprint density at radius 3 is 2.61 bits per heavy atom. The molecule has 1 atom stereocenters. The first kappa shape index (κ1) is 13.3. The lowest BCUT2D eigenvalue weighted by Gasteiger charge is -2.31. The van der Waals surface area contributed by atoms with Crippen LogP contribution in [0.25, 0.3) is 0 Å². The summed E-state index contributed by atoms with van der Waals surface area (Å²) in [7, 11) is 0. The van der Waals surface area contributed by atoms with Crippen LogP contribution in [-0.4, -0.2) is 29.3 Å². The summed E-state index contributed by atoms with van der Waals surface area (Å²) in [4.78, 5) is 2.73. The van der Waals surface area contributed by atoms with E-state index in [4.69, 9.17) is 18.0 Å². The maximum Gasteiger partial charge on any atom is 0.103 e. The van der Waals surface area contributed by atoms with Gasteiger partial charge in [0.05, 0.1) is 12.6 Å². The van der Waals surface area contributed by atoms with Crippen molar-refractivity contribution in [1.29, 1.82) is 0 Å². The van der Waals surface area contributed by atoms with E-state index < -0.39 is 0 Å². The molecule has 0 spiro atoms. The fourth-order valence-electron chi connectivity index (χ4n) is 2.52.